The summed E-state index contributed by atoms with van der Waals surface area (Å²) in [4.78, 5) is 44.4. The highest BCUT2D eigenvalue weighted by Crippen LogP contribution is 2.46. The van der Waals surface area contributed by atoms with Crippen molar-refractivity contribution in [2.75, 3.05) is 12.4 Å². The third-order valence-electron chi connectivity index (χ3n) is 5.08. The van der Waals surface area contributed by atoms with Crippen LogP contribution in [0.3, 0.4) is 0 Å². The molecule has 1 aromatic heterocycles. The summed E-state index contributed by atoms with van der Waals surface area (Å²) in [5.74, 6) is -1.47. The zero-order valence-corrected chi connectivity index (χ0v) is 19.6. The first-order valence-electron chi connectivity index (χ1n) is 9.88. The molecule has 2 aliphatic rings. The molecule has 3 N–H and O–H groups in total. The monoisotopic (exact) mass is 491 g/mol. The van der Waals surface area contributed by atoms with E-state index in [0.29, 0.717) is 21.4 Å². The van der Waals surface area contributed by atoms with Gasteiger partial charge in [-0.25, -0.2) is 9.78 Å². The fraction of sp³-hybridized carbons (Fsp3) is 0.333. The summed E-state index contributed by atoms with van der Waals surface area (Å²) in [6.45, 7) is 1.87. The Bertz CT molecular complexity index is 1090. The normalized spacial score (nSPS) is 20.1. The SMILES string of the molecule is Cc1nc(SC2=C(C(=O)O)N3C(=O)[C@@H](NC(=O)Cc4ccccc4)[C@H]3SC2)sc1CCO. The van der Waals surface area contributed by atoms with Crippen LogP contribution < -0.4 is 5.32 Å². The van der Waals surface area contributed by atoms with Crippen LogP contribution >= 0.6 is 34.9 Å². The smallest absolute Gasteiger partial charge is 0.353 e. The van der Waals surface area contributed by atoms with Gasteiger partial charge < -0.3 is 15.5 Å². The highest BCUT2D eigenvalue weighted by atomic mass is 32.2. The van der Waals surface area contributed by atoms with Gasteiger partial charge in [0, 0.05) is 28.6 Å². The van der Waals surface area contributed by atoms with Crippen molar-refractivity contribution >= 4 is 52.6 Å². The molecule has 2 aromatic rings. The Balaban J connectivity index is 1.48. The molecule has 2 atom stereocenters. The largest absolute Gasteiger partial charge is 0.477 e. The third kappa shape index (κ3) is 4.56. The van der Waals surface area contributed by atoms with Crippen LogP contribution in [0.4, 0.5) is 0 Å². The number of hydrogen-bond donors (Lipinski definition) is 3. The number of carbonyl (C=O) groups is 3. The first-order valence-corrected chi connectivity index (χ1v) is 12.6. The molecule has 168 valence electrons. The van der Waals surface area contributed by atoms with E-state index in [1.807, 2.05) is 37.3 Å². The van der Waals surface area contributed by atoms with Gasteiger partial charge in [-0.3, -0.25) is 14.5 Å². The van der Waals surface area contributed by atoms with Crippen molar-refractivity contribution in [3.63, 3.8) is 0 Å². The lowest BCUT2D eigenvalue weighted by molar-refractivity contribution is -0.150. The minimum atomic E-state index is -1.18. The molecule has 4 rings (SSSR count). The summed E-state index contributed by atoms with van der Waals surface area (Å²) in [6.07, 6.45) is 0.658. The van der Waals surface area contributed by atoms with Crippen LogP contribution in [0.1, 0.15) is 16.1 Å². The molecule has 0 saturated carbocycles. The standard InChI is InChI=1S/C21H21N3O5S3/c1-11-13(7-8-25)31-21(22-11)32-14-10-30-19-16(18(27)24(19)17(14)20(28)29)23-15(26)9-12-5-3-2-4-6-12/h2-6,16,19,25H,7-10H2,1H3,(H,23,26)(H,28,29)/t16-,19-/m1/s1. The van der Waals surface area contributed by atoms with Crippen LogP contribution in [0.15, 0.2) is 45.3 Å². The van der Waals surface area contributed by atoms with Gasteiger partial charge in [-0.2, -0.15) is 0 Å². The van der Waals surface area contributed by atoms with Crippen molar-refractivity contribution in [3.05, 3.63) is 57.1 Å². The summed E-state index contributed by atoms with van der Waals surface area (Å²) in [5.41, 5.74) is 1.61. The number of hydrogen-bond acceptors (Lipinski definition) is 8. The molecule has 0 aliphatic carbocycles. The number of aliphatic hydroxyl groups excluding tert-OH is 1. The van der Waals surface area contributed by atoms with E-state index in [4.69, 9.17) is 5.11 Å². The van der Waals surface area contributed by atoms with Gasteiger partial charge in [0.15, 0.2) is 4.34 Å². The zero-order chi connectivity index (χ0) is 22.8. The fourth-order valence-electron chi connectivity index (χ4n) is 3.56. The van der Waals surface area contributed by atoms with Crippen LogP contribution in [-0.2, 0) is 27.2 Å². The molecule has 0 bridgehead atoms. The van der Waals surface area contributed by atoms with Crippen molar-refractivity contribution in [2.24, 2.45) is 0 Å². The molecule has 2 aliphatic heterocycles. The minimum Gasteiger partial charge on any atom is -0.477 e. The van der Waals surface area contributed by atoms with E-state index in [-0.39, 0.29) is 24.6 Å². The van der Waals surface area contributed by atoms with Crippen molar-refractivity contribution in [2.45, 2.75) is 35.5 Å². The van der Waals surface area contributed by atoms with Crippen LogP contribution in [-0.4, -0.2) is 61.7 Å². The number of amides is 2. The second kappa shape index (κ2) is 9.65. The Morgan fingerprint density at radius 1 is 1.31 bits per heavy atom. The van der Waals surface area contributed by atoms with Gasteiger partial charge in [0.1, 0.15) is 17.1 Å². The Morgan fingerprint density at radius 2 is 2.06 bits per heavy atom. The predicted octanol–water partition coefficient (Wildman–Crippen LogP) is 2.02. The number of aromatic nitrogens is 1. The summed E-state index contributed by atoms with van der Waals surface area (Å²) in [7, 11) is 0. The number of carboxylic acid groups (broad SMARTS) is 1. The maximum atomic E-state index is 12.8. The van der Waals surface area contributed by atoms with Crippen LogP contribution in [0.2, 0.25) is 0 Å². The van der Waals surface area contributed by atoms with Gasteiger partial charge in [-0.15, -0.1) is 23.1 Å². The molecular weight excluding hydrogens is 470 g/mol. The second-order valence-electron chi connectivity index (χ2n) is 7.26. The Labute approximate surface area is 197 Å². The molecule has 2 amide bonds. The molecule has 1 saturated heterocycles. The topological polar surface area (TPSA) is 120 Å². The average molecular weight is 492 g/mol. The first-order chi connectivity index (χ1) is 15.4. The Morgan fingerprint density at radius 3 is 2.75 bits per heavy atom. The van der Waals surface area contributed by atoms with Crippen LogP contribution in [0.5, 0.6) is 0 Å². The van der Waals surface area contributed by atoms with Crippen LogP contribution in [0, 0.1) is 6.92 Å². The molecule has 0 radical (unpaired) electrons. The molecule has 1 aromatic carbocycles. The maximum absolute atomic E-state index is 12.8. The minimum absolute atomic E-state index is 0.0212. The number of nitrogens with one attached hydrogen (secondary N) is 1. The molecule has 32 heavy (non-hydrogen) atoms. The number of carboxylic acids is 1. The highest BCUT2D eigenvalue weighted by Gasteiger charge is 2.54. The zero-order valence-electron chi connectivity index (χ0n) is 17.1. The summed E-state index contributed by atoms with van der Waals surface area (Å²) in [5, 5.41) is 21.3. The van der Waals surface area contributed by atoms with E-state index < -0.39 is 23.3 Å². The number of carbonyl (C=O) groups excluding carboxylic acids is 2. The van der Waals surface area contributed by atoms with Gasteiger partial charge in [0.25, 0.3) is 5.91 Å². The molecule has 3 heterocycles. The lowest BCUT2D eigenvalue weighted by atomic mass is 10.0. The lowest BCUT2D eigenvalue weighted by Gasteiger charge is -2.49. The molecular formula is C21H21N3O5S3. The molecule has 0 spiro atoms. The van der Waals surface area contributed by atoms with Crippen LogP contribution in [0.25, 0.3) is 0 Å². The number of aryl methyl sites for hydroxylation is 1. The van der Waals surface area contributed by atoms with E-state index in [1.165, 1.54) is 39.8 Å². The van der Waals surface area contributed by atoms with Gasteiger partial charge in [0.05, 0.1) is 12.1 Å². The number of thiazole rings is 1. The second-order valence-corrected chi connectivity index (χ2v) is 10.8. The van der Waals surface area contributed by atoms with Crippen molar-refractivity contribution in [3.8, 4) is 0 Å². The quantitative estimate of drug-likeness (QED) is 0.480. The van der Waals surface area contributed by atoms with E-state index in [9.17, 15) is 19.5 Å². The average Bonchev–Trinajstić information content (AvgIpc) is 3.11. The number of β-lactam (4-membered cyclic amide) rings is 1. The predicted molar refractivity (Wildman–Crippen MR) is 123 cm³/mol. The number of aliphatic hydroxyl groups is 1. The van der Waals surface area contributed by atoms with Gasteiger partial charge in [0.2, 0.25) is 5.91 Å². The molecule has 1 fully saturated rings. The van der Waals surface area contributed by atoms with Crippen molar-refractivity contribution < 1.29 is 24.6 Å². The lowest BCUT2D eigenvalue weighted by Crippen LogP contribution is -2.70. The summed E-state index contributed by atoms with van der Waals surface area (Å²) >= 11 is 4.09. The Kier molecular flexibility index (Phi) is 6.89. The van der Waals surface area contributed by atoms with E-state index in [1.54, 1.807) is 0 Å². The van der Waals surface area contributed by atoms with E-state index >= 15 is 0 Å². The molecule has 11 heteroatoms. The number of fused-ring (bicyclic) bond motifs is 1. The third-order valence-corrected chi connectivity index (χ3v) is 8.91. The number of nitrogens with zero attached hydrogens (tertiary/aromatic N) is 2. The Hall–Kier alpha value is -2.34. The maximum Gasteiger partial charge on any atom is 0.353 e. The number of aliphatic carboxylic acids is 1. The highest BCUT2D eigenvalue weighted by molar-refractivity contribution is 8.07. The first kappa shape index (κ1) is 22.8. The number of rotatable bonds is 8. The van der Waals surface area contributed by atoms with E-state index in [2.05, 4.69) is 10.3 Å². The van der Waals surface area contributed by atoms with Gasteiger partial charge >= 0.3 is 5.97 Å². The number of benzene rings is 1. The van der Waals surface area contributed by atoms with Crippen molar-refractivity contribution in [1.29, 1.82) is 0 Å². The van der Waals surface area contributed by atoms with Crippen molar-refractivity contribution in [1.82, 2.24) is 15.2 Å². The summed E-state index contributed by atoms with van der Waals surface area (Å²) < 4.78 is 0.680. The van der Waals surface area contributed by atoms with Gasteiger partial charge in [-0.1, -0.05) is 42.1 Å². The summed E-state index contributed by atoms with van der Waals surface area (Å²) in [6, 6.07) is 8.49. The molecule has 8 nitrogen and oxygen atoms in total. The van der Waals surface area contributed by atoms with Gasteiger partial charge in [-0.05, 0) is 12.5 Å². The van der Waals surface area contributed by atoms with E-state index in [0.717, 1.165) is 16.1 Å². The fourth-order valence-corrected chi connectivity index (χ4v) is 7.42. The molecule has 0 unspecified atom stereocenters. The number of thioether (sulfide) groups is 2.